The fourth-order valence-corrected chi connectivity index (χ4v) is 4.25. The molecule has 0 unspecified atom stereocenters. The van der Waals surface area contributed by atoms with Crippen molar-refractivity contribution in [2.45, 2.75) is 25.8 Å². The Labute approximate surface area is 177 Å². The summed E-state index contributed by atoms with van der Waals surface area (Å²) >= 11 is 1.05. The summed E-state index contributed by atoms with van der Waals surface area (Å²) in [4.78, 5) is 33.4. The van der Waals surface area contributed by atoms with Crippen LogP contribution in [0.1, 0.15) is 28.2 Å². The smallest absolute Gasteiger partial charge is 0.347 e. The largest absolute Gasteiger partial charge is 0.477 e. The highest BCUT2D eigenvalue weighted by molar-refractivity contribution is 7.17. The highest BCUT2D eigenvalue weighted by Crippen LogP contribution is 2.29. The fraction of sp³-hybridized carbons (Fsp3) is 0.421. The number of carbonyl (C=O) groups is 1. The number of aryl methyl sites for hydroxylation is 1. The second kappa shape index (κ2) is 8.36. The van der Waals surface area contributed by atoms with E-state index < -0.39 is 5.97 Å². The van der Waals surface area contributed by atoms with Crippen molar-refractivity contribution in [2.75, 3.05) is 37.4 Å². The van der Waals surface area contributed by atoms with Crippen molar-refractivity contribution in [2.24, 2.45) is 0 Å². The number of nitrogens with one attached hydrogen (secondary N) is 1. The van der Waals surface area contributed by atoms with Gasteiger partial charge in [0.05, 0.1) is 11.9 Å². The Kier molecular flexibility index (Phi) is 5.64. The summed E-state index contributed by atoms with van der Waals surface area (Å²) in [7, 11) is 4.16. The number of piperidine rings is 1. The van der Waals surface area contributed by atoms with E-state index in [0.29, 0.717) is 34.3 Å². The average molecular weight is 430 g/mol. The number of carboxylic acids is 1. The lowest BCUT2D eigenvalue weighted by molar-refractivity contribution is 0.0701. The molecule has 0 radical (unpaired) electrons. The van der Waals surface area contributed by atoms with Crippen LogP contribution in [0.4, 0.5) is 16.9 Å². The van der Waals surface area contributed by atoms with Crippen molar-refractivity contribution in [3.05, 3.63) is 29.2 Å². The van der Waals surface area contributed by atoms with Crippen LogP contribution in [0.5, 0.6) is 0 Å². The summed E-state index contributed by atoms with van der Waals surface area (Å²) in [5.41, 5.74) is 1.04. The van der Waals surface area contributed by atoms with Gasteiger partial charge < -0.3 is 19.3 Å². The summed E-state index contributed by atoms with van der Waals surface area (Å²) in [6.45, 7) is 3.74. The quantitative estimate of drug-likeness (QED) is 0.605. The number of thiazole rings is 1. The third-order valence-corrected chi connectivity index (χ3v) is 6.27. The number of aromatic nitrogens is 4. The summed E-state index contributed by atoms with van der Waals surface area (Å²) < 4.78 is 5.43. The molecule has 0 aliphatic carbocycles. The first-order chi connectivity index (χ1) is 14.4. The topological polar surface area (TPSA) is 121 Å². The van der Waals surface area contributed by atoms with Crippen LogP contribution >= 0.6 is 11.3 Å². The van der Waals surface area contributed by atoms with Gasteiger partial charge in [-0.25, -0.2) is 19.7 Å². The van der Waals surface area contributed by atoms with E-state index in [2.05, 4.69) is 42.1 Å². The average Bonchev–Trinajstić information content (AvgIpc) is 3.38. The van der Waals surface area contributed by atoms with Crippen LogP contribution in [-0.2, 0) is 0 Å². The molecule has 3 aromatic heterocycles. The van der Waals surface area contributed by atoms with Crippen LogP contribution in [0.3, 0.4) is 0 Å². The van der Waals surface area contributed by atoms with E-state index in [0.717, 1.165) is 43.1 Å². The van der Waals surface area contributed by atoms with E-state index in [9.17, 15) is 9.90 Å². The number of carboxylic acid groups (broad SMARTS) is 1. The van der Waals surface area contributed by atoms with Crippen LogP contribution in [0.15, 0.2) is 23.1 Å². The molecule has 0 saturated carbocycles. The van der Waals surface area contributed by atoms with Gasteiger partial charge in [-0.2, -0.15) is 4.98 Å². The third kappa shape index (κ3) is 4.26. The predicted octanol–water partition coefficient (Wildman–Crippen LogP) is 2.87. The molecule has 0 spiro atoms. The number of hydrogen-bond acceptors (Lipinski definition) is 10. The van der Waals surface area contributed by atoms with Gasteiger partial charge in [0.2, 0.25) is 5.95 Å². The van der Waals surface area contributed by atoms with Gasteiger partial charge in [0.1, 0.15) is 16.4 Å². The van der Waals surface area contributed by atoms with Crippen molar-refractivity contribution in [1.82, 2.24) is 24.8 Å². The van der Waals surface area contributed by atoms with Crippen LogP contribution in [0.25, 0.3) is 11.5 Å². The molecule has 2 N–H and O–H groups in total. The molecule has 0 bridgehead atoms. The summed E-state index contributed by atoms with van der Waals surface area (Å²) in [6.07, 6.45) is 5.05. The van der Waals surface area contributed by atoms with E-state index in [1.807, 2.05) is 13.1 Å². The number of nitrogens with zero attached hydrogens (tertiary/aromatic N) is 6. The Hall–Kier alpha value is -3.05. The minimum atomic E-state index is -1.00. The third-order valence-electron chi connectivity index (χ3n) is 5.20. The van der Waals surface area contributed by atoms with E-state index in [-0.39, 0.29) is 4.88 Å². The minimum absolute atomic E-state index is 0.188. The molecule has 4 rings (SSSR count). The summed E-state index contributed by atoms with van der Waals surface area (Å²) in [6, 6.07) is 2.24. The maximum absolute atomic E-state index is 11.3. The molecule has 1 aliphatic heterocycles. The van der Waals surface area contributed by atoms with Crippen LogP contribution < -0.4 is 10.2 Å². The second-order valence-electron chi connectivity index (χ2n) is 7.31. The summed E-state index contributed by atoms with van der Waals surface area (Å²) in [5.74, 6) is 0.599. The van der Waals surface area contributed by atoms with Crippen LogP contribution in [-0.4, -0.2) is 69.1 Å². The van der Waals surface area contributed by atoms with Gasteiger partial charge in [0.15, 0.2) is 17.3 Å². The predicted molar refractivity (Wildman–Crippen MR) is 114 cm³/mol. The Morgan fingerprint density at radius 1 is 1.33 bits per heavy atom. The number of oxazole rings is 1. The van der Waals surface area contributed by atoms with Crippen molar-refractivity contribution >= 4 is 34.2 Å². The molecule has 30 heavy (non-hydrogen) atoms. The van der Waals surface area contributed by atoms with Crippen molar-refractivity contribution < 1.29 is 14.3 Å². The van der Waals surface area contributed by atoms with E-state index in [1.54, 1.807) is 13.1 Å². The minimum Gasteiger partial charge on any atom is -0.477 e. The fourth-order valence-electron chi connectivity index (χ4n) is 3.45. The van der Waals surface area contributed by atoms with Gasteiger partial charge in [-0.05, 0) is 39.9 Å². The molecule has 4 heterocycles. The van der Waals surface area contributed by atoms with Crippen molar-refractivity contribution in [3.63, 3.8) is 0 Å². The molecular formula is C19H23N7O3S. The number of hydrogen-bond donors (Lipinski definition) is 2. The Morgan fingerprint density at radius 2 is 2.10 bits per heavy atom. The van der Waals surface area contributed by atoms with Crippen LogP contribution in [0, 0.1) is 6.92 Å². The van der Waals surface area contributed by atoms with Gasteiger partial charge in [-0.1, -0.05) is 11.3 Å². The highest BCUT2D eigenvalue weighted by Gasteiger charge is 2.23. The zero-order valence-electron chi connectivity index (χ0n) is 17.0. The normalized spacial score (nSPS) is 15.3. The van der Waals surface area contributed by atoms with E-state index >= 15 is 0 Å². The monoisotopic (exact) mass is 429 g/mol. The van der Waals surface area contributed by atoms with Crippen molar-refractivity contribution in [1.29, 1.82) is 0 Å². The number of likely N-dealkylation sites (tertiary alicyclic amines) is 1. The van der Waals surface area contributed by atoms with E-state index in [1.165, 1.54) is 6.39 Å². The molecule has 1 aliphatic rings. The standard InChI is InChI=1S/C19H23N7O3S/c1-11-16(17(27)28)30-19(21-11)24-18-22-13(14-9-20-10-29-14)8-15(23-18)26(3)12-4-6-25(2)7-5-12/h8-10,12H,4-7H2,1-3H3,(H,27,28)(H,21,22,23,24). The Morgan fingerprint density at radius 3 is 2.73 bits per heavy atom. The Balaban J connectivity index is 1.66. The number of aromatic carboxylic acids is 1. The van der Waals surface area contributed by atoms with E-state index in [4.69, 9.17) is 4.42 Å². The molecule has 10 nitrogen and oxygen atoms in total. The first kappa shape index (κ1) is 20.2. The lowest BCUT2D eigenvalue weighted by atomic mass is 10.0. The first-order valence-corrected chi connectivity index (χ1v) is 10.4. The molecule has 1 fully saturated rings. The molecule has 0 amide bonds. The molecule has 3 aromatic rings. The Bertz CT molecular complexity index is 1030. The SMILES string of the molecule is Cc1nc(Nc2nc(-c3cnco3)cc(N(C)C3CCN(C)CC3)n2)sc1C(=O)O. The molecule has 0 aromatic carbocycles. The lowest BCUT2D eigenvalue weighted by Crippen LogP contribution is -2.42. The van der Waals surface area contributed by atoms with Gasteiger partial charge in [-0.15, -0.1) is 0 Å². The van der Waals surface area contributed by atoms with Gasteiger partial charge in [-0.3, -0.25) is 5.32 Å². The van der Waals surface area contributed by atoms with Gasteiger partial charge in [0, 0.05) is 19.2 Å². The zero-order chi connectivity index (χ0) is 21.3. The lowest BCUT2D eigenvalue weighted by Gasteiger charge is -2.35. The van der Waals surface area contributed by atoms with Crippen LogP contribution in [0.2, 0.25) is 0 Å². The molecule has 1 saturated heterocycles. The number of rotatable bonds is 6. The highest BCUT2D eigenvalue weighted by atomic mass is 32.1. The van der Waals surface area contributed by atoms with Crippen molar-refractivity contribution in [3.8, 4) is 11.5 Å². The second-order valence-corrected chi connectivity index (χ2v) is 8.31. The molecular weight excluding hydrogens is 406 g/mol. The first-order valence-electron chi connectivity index (χ1n) is 9.58. The summed E-state index contributed by atoms with van der Waals surface area (Å²) in [5, 5.41) is 12.8. The molecule has 11 heteroatoms. The van der Waals surface area contributed by atoms with Gasteiger partial charge in [0.25, 0.3) is 0 Å². The maximum atomic E-state index is 11.3. The zero-order valence-corrected chi connectivity index (χ0v) is 17.8. The van der Waals surface area contributed by atoms with Gasteiger partial charge >= 0.3 is 5.97 Å². The molecule has 0 atom stereocenters. The maximum Gasteiger partial charge on any atom is 0.347 e. The molecule has 158 valence electrons. The number of anilines is 3.